The van der Waals surface area contributed by atoms with Gasteiger partial charge in [-0.2, -0.15) is 0 Å². The molecular formula is C12H14O3S2. The second kappa shape index (κ2) is 8.00. The van der Waals surface area contributed by atoms with Crippen molar-refractivity contribution < 1.29 is 15.0 Å². The number of carboxylic acid groups (broad SMARTS) is 1. The molecule has 0 aromatic carbocycles. The fraction of sp³-hybridized carbons (Fsp3) is 0.250. The Labute approximate surface area is 108 Å². The van der Waals surface area contributed by atoms with E-state index in [0.29, 0.717) is 0 Å². The number of carboxylic acids is 1. The molecule has 0 spiro atoms. The van der Waals surface area contributed by atoms with E-state index in [2.05, 4.69) is 0 Å². The highest BCUT2D eigenvalue weighted by molar-refractivity contribution is 7.10. The Morgan fingerprint density at radius 1 is 1.12 bits per heavy atom. The van der Waals surface area contributed by atoms with Crippen molar-refractivity contribution in [2.45, 2.75) is 12.8 Å². The van der Waals surface area contributed by atoms with Gasteiger partial charge < -0.3 is 10.2 Å². The highest BCUT2D eigenvalue weighted by atomic mass is 32.1. The van der Waals surface area contributed by atoms with E-state index in [9.17, 15) is 4.79 Å². The lowest BCUT2D eigenvalue weighted by Gasteiger charge is -1.85. The van der Waals surface area contributed by atoms with Crippen molar-refractivity contribution in [3.05, 3.63) is 44.8 Å². The number of rotatable bonds is 4. The van der Waals surface area contributed by atoms with E-state index >= 15 is 0 Å². The second-order valence-corrected chi connectivity index (χ2v) is 5.27. The smallest absolute Gasteiger partial charge is 0.308 e. The first-order valence-electron chi connectivity index (χ1n) is 5.09. The van der Waals surface area contributed by atoms with Gasteiger partial charge in [0.25, 0.3) is 0 Å². The molecule has 0 aliphatic carbocycles. The Morgan fingerprint density at radius 2 is 1.71 bits per heavy atom. The Morgan fingerprint density at radius 3 is 2.12 bits per heavy atom. The van der Waals surface area contributed by atoms with Gasteiger partial charge in [0.2, 0.25) is 0 Å². The Kier molecular flexibility index (Phi) is 6.54. The van der Waals surface area contributed by atoms with Crippen LogP contribution in [0.1, 0.15) is 9.75 Å². The summed E-state index contributed by atoms with van der Waals surface area (Å²) < 4.78 is 0. The largest absolute Gasteiger partial charge is 0.481 e. The van der Waals surface area contributed by atoms with Crippen molar-refractivity contribution in [2.24, 2.45) is 0 Å². The van der Waals surface area contributed by atoms with Crippen LogP contribution in [0.2, 0.25) is 0 Å². The first-order valence-corrected chi connectivity index (χ1v) is 6.85. The van der Waals surface area contributed by atoms with Gasteiger partial charge in [0.1, 0.15) is 0 Å². The first-order chi connectivity index (χ1) is 8.22. The Bertz CT molecular complexity index is 407. The van der Waals surface area contributed by atoms with Gasteiger partial charge in [-0.3, -0.25) is 4.79 Å². The highest BCUT2D eigenvalue weighted by Gasteiger charge is 1.98. The molecule has 2 heterocycles. The molecule has 0 saturated heterocycles. The number of thiophene rings is 2. The van der Waals surface area contributed by atoms with Gasteiger partial charge in [-0.05, 0) is 22.9 Å². The average Bonchev–Trinajstić information content (AvgIpc) is 2.91. The Hall–Kier alpha value is -1.17. The van der Waals surface area contributed by atoms with Crippen LogP contribution in [0.3, 0.4) is 0 Å². The van der Waals surface area contributed by atoms with Gasteiger partial charge in [-0.15, -0.1) is 22.7 Å². The van der Waals surface area contributed by atoms with Crippen molar-refractivity contribution in [1.82, 2.24) is 0 Å². The standard InChI is InChI=1S/C6H6O2S.C6H8OS/c7-6(8)4-5-2-1-3-9-5;7-4-3-6-2-1-5-8-6/h1-3H,4H2,(H,7,8);1-2,5,7H,3-4H2. The summed E-state index contributed by atoms with van der Waals surface area (Å²) in [4.78, 5) is 12.2. The fourth-order valence-corrected chi connectivity index (χ4v) is 2.52. The van der Waals surface area contributed by atoms with Crippen LogP contribution in [-0.2, 0) is 17.6 Å². The van der Waals surface area contributed by atoms with Crippen LogP contribution >= 0.6 is 22.7 Å². The molecule has 0 radical (unpaired) electrons. The van der Waals surface area contributed by atoms with Crippen LogP contribution < -0.4 is 0 Å². The van der Waals surface area contributed by atoms with E-state index in [1.807, 2.05) is 35.0 Å². The molecule has 0 atom stereocenters. The van der Waals surface area contributed by atoms with Crippen LogP contribution in [0.25, 0.3) is 0 Å². The van der Waals surface area contributed by atoms with Crippen molar-refractivity contribution >= 4 is 28.6 Å². The zero-order chi connectivity index (χ0) is 12.5. The lowest BCUT2D eigenvalue weighted by atomic mass is 10.3. The van der Waals surface area contributed by atoms with Crippen molar-refractivity contribution in [1.29, 1.82) is 0 Å². The number of hydrogen-bond donors (Lipinski definition) is 2. The van der Waals surface area contributed by atoms with E-state index in [1.165, 1.54) is 16.2 Å². The lowest BCUT2D eigenvalue weighted by molar-refractivity contribution is -0.136. The number of hydrogen-bond acceptors (Lipinski definition) is 4. The SMILES string of the molecule is O=C(O)Cc1cccs1.OCCc1cccs1. The molecule has 2 N–H and O–H groups in total. The van der Waals surface area contributed by atoms with Gasteiger partial charge in [-0.1, -0.05) is 12.1 Å². The van der Waals surface area contributed by atoms with Crippen molar-refractivity contribution in [3.8, 4) is 0 Å². The second-order valence-electron chi connectivity index (χ2n) is 3.20. The predicted octanol–water partition coefficient (Wildman–Crippen LogP) is 2.66. The minimum atomic E-state index is -0.766. The molecule has 92 valence electrons. The van der Waals surface area contributed by atoms with Crippen LogP contribution in [0.4, 0.5) is 0 Å². The molecule has 17 heavy (non-hydrogen) atoms. The summed E-state index contributed by atoms with van der Waals surface area (Å²) in [7, 11) is 0. The normalized spacial score (nSPS) is 9.47. The molecule has 2 aromatic rings. The third kappa shape index (κ3) is 6.21. The zero-order valence-electron chi connectivity index (χ0n) is 9.20. The minimum absolute atomic E-state index is 0.150. The van der Waals surface area contributed by atoms with Crippen LogP contribution in [0, 0.1) is 0 Å². The summed E-state index contributed by atoms with van der Waals surface area (Å²) in [5.74, 6) is -0.766. The highest BCUT2D eigenvalue weighted by Crippen LogP contribution is 2.08. The molecule has 0 fully saturated rings. The number of carbonyl (C=O) groups is 1. The molecule has 0 saturated carbocycles. The van der Waals surface area contributed by atoms with Crippen molar-refractivity contribution in [3.63, 3.8) is 0 Å². The van der Waals surface area contributed by atoms with Gasteiger partial charge in [0.05, 0.1) is 6.42 Å². The van der Waals surface area contributed by atoms with Crippen LogP contribution in [0.15, 0.2) is 35.0 Å². The third-order valence-electron chi connectivity index (χ3n) is 1.84. The lowest BCUT2D eigenvalue weighted by Crippen LogP contribution is -1.96. The summed E-state index contributed by atoms with van der Waals surface area (Å²) in [6.45, 7) is 0.264. The average molecular weight is 270 g/mol. The van der Waals surface area contributed by atoms with Gasteiger partial charge in [-0.25, -0.2) is 0 Å². The molecule has 2 aromatic heterocycles. The molecule has 5 heteroatoms. The number of aliphatic carboxylic acids is 1. The third-order valence-corrected chi connectivity index (χ3v) is 3.66. The number of aliphatic hydroxyl groups is 1. The molecule has 0 aliphatic rings. The monoisotopic (exact) mass is 270 g/mol. The predicted molar refractivity (Wildman–Crippen MR) is 70.8 cm³/mol. The molecule has 0 unspecified atom stereocenters. The summed E-state index contributed by atoms with van der Waals surface area (Å²) in [6.07, 6.45) is 0.954. The van der Waals surface area contributed by atoms with E-state index in [4.69, 9.17) is 10.2 Å². The van der Waals surface area contributed by atoms with Crippen LogP contribution in [-0.4, -0.2) is 22.8 Å². The van der Waals surface area contributed by atoms with E-state index < -0.39 is 5.97 Å². The topological polar surface area (TPSA) is 57.5 Å². The molecule has 0 bridgehead atoms. The van der Waals surface area contributed by atoms with E-state index in [-0.39, 0.29) is 13.0 Å². The molecule has 0 aliphatic heterocycles. The summed E-state index contributed by atoms with van der Waals surface area (Å²) >= 11 is 3.16. The maximum absolute atomic E-state index is 10.1. The van der Waals surface area contributed by atoms with Crippen LogP contribution in [0.5, 0.6) is 0 Å². The summed E-state index contributed by atoms with van der Waals surface area (Å²) in [5, 5.41) is 20.6. The Balaban J connectivity index is 0.000000171. The maximum atomic E-state index is 10.1. The molecule has 3 nitrogen and oxygen atoms in total. The maximum Gasteiger partial charge on any atom is 0.308 e. The quantitative estimate of drug-likeness (QED) is 0.898. The van der Waals surface area contributed by atoms with Gasteiger partial charge in [0.15, 0.2) is 0 Å². The van der Waals surface area contributed by atoms with Gasteiger partial charge >= 0.3 is 5.97 Å². The van der Waals surface area contributed by atoms with E-state index in [1.54, 1.807) is 11.3 Å². The molecular weight excluding hydrogens is 256 g/mol. The van der Waals surface area contributed by atoms with Crippen molar-refractivity contribution in [2.75, 3.05) is 6.61 Å². The van der Waals surface area contributed by atoms with E-state index in [0.717, 1.165) is 11.3 Å². The number of aliphatic hydroxyl groups excluding tert-OH is 1. The fourth-order valence-electron chi connectivity index (χ4n) is 1.13. The molecule has 0 amide bonds. The summed E-state index contributed by atoms with van der Waals surface area (Å²) in [6, 6.07) is 7.69. The summed E-state index contributed by atoms with van der Waals surface area (Å²) in [5.41, 5.74) is 0. The first kappa shape index (κ1) is 13.9. The zero-order valence-corrected chi connectivity index (χ0v) is 10.8. The minimum Gasteiger partial charge on any atom is -0.481 e. The van der Waals surface area contributed by atoms with Gasteiger partial charge in [0, 0.05) is 22.8 Å². The molecule has 2 rings (SSSR count).